The Kier molecular flexibility index (Phi) is 5.00. The minimum Gasteiger partial charge on any atom is -0.462 e. The summed E-state index contributed by atoms with van der Waals surface area (Å²) >= 11 is 0. The van der Waals surface area contributed by atoms with Crippen molar-refractivity contribution in [3.8, 4) is 0 Å². The van der Waals surface area contributed by atoms with Crippen LogP contribution in [0.2, 0.25) is 0 Å². The van der Waals surface area contributed by atoms with Gasteiger partial charge in [-0.05, 0) is 26.0 Å². The summed E-state index contributed by atoms with van der Waals surface area (Å²) in [7, 11) is 0. The number of carbonyl (C=O) groups is 2. The lowest BCUT2D eigenvalue weighted by atomic mass is 10.3. The molecule has 2 amide bonds. The average Bonchev–Trinajstić information content (AvgIpc) is 2.27. The Balaban J connectivity index is 2.29. The molecular formula is C12H16N2O3. The van der Waals surface area contributed by atoms with Crippen molar-refractivity contribution in [2.45, 2.75) is 20.0 Å². The molecule has 0 bridgehead atoms. The summed E-state index contributed by atoms with van der Waals surface area (Å²) in [4.78, 5) is 22.5. The molecule has 5 heteroatoms. The monoisotopic (exact) mass is 236 g/mol. The van der Waals surface area contributed by atoms with Crippen LogP contribution in [-0.2, 0) is 9.53 Å². The van der Waals surface area contributed by atoms with Gasteiger partial charge in [-0.1, -0.05) is 18.2 Å². The van der Waals surface area contributed by atoms with Gasteiger partial charge in [0.05, 0.1) is 6.10 Å². The summed E-state index contributed by atoms with van der Waals surface area (Å²) in [5.41, 5.74) is 0.669. The molecule has 0 saturated heterocycles. The zero-order valence-corrected chi connectivity index (χ0v) is 9.90. The number of urea groups is 1. The van der Waals surface area contributed by atoms with Gasteiger partial charge in [0.25, 0.3) is 0 Å². The number of rotatable bonds is 4. The Morgan fingerprint density at radius 1 is 1.24 bits per heavy atom. The highest BCUT2D eigenvalue weighted by Crippen LogP contribution is 2.03. The standard InChI is InChI=1S/C12H16N2O3/c1-9(2)17-11(15)8-13-12(16)14-10-6-4-3-5-7-10/h3-7,9H,8H2,1-2H3,(H2,13,14,16). The van der Waals surface area contributed by atoms with Crippen LogP contribution in [0.3, 0.4) is 0 Å². The molecule has 92 valence electrons. The van der Waals surface area contributed by atoms with Gasteiger partial charge in [0, 0.05) is 5.69 Å². The molecule has 1 aromatic carbocycles. The first-order chi connectivity index (χ1) is 8.08. The topological polar surface area (TPSA) is 67.4 Å². The maximum atomic E-state index is 11.4. The highest BCUT2D eigenvalue weighted by atomic mass is 16.5. The Morgan fingerprint density at radius 2 is 1.88 bits per heavy atom. The number of hydrogen-bond donors (Lipinski definition) is 2. The zero-order chi connectivity index (χ0) is 12.7. The zero-order valence-electron chi connectivity index (χ0n) is 9.90. The fourth-order valence-electron chi connectivity index (χ4n) is 1.15. The van der Waals surface area contributed by atoms with Crippen LogP contribution in [0.5, 0.6) is 0 Å². The van der Waals surface area contributed by atoms with Gasteiger partial charge in [0.2, 0.25) is 0 Å². The quantitative estimate of drug-likeness (QED) is 0.783. The van der Waals surface area contributed by atoms with E-state index in [0.717, 1.165) is 0 Å². The number of amides is 2. The number of esters is 1. The van der Waals surface area contributed by atoms with Gasteiger partial charge >= 0.3 is 12.0 Å². The average molecular weight is 236 g/mol. The Bertz CT molecular complexity index is 377. The van der Waals surface area contributed by atoms with Gasteiger partial charge in [-0.3, -0.25) is 4.79 Å². The highest BCUT2D eigenvalue weighted by Gasteiger charge is 2.07. The van der Waals surface area contributed by atoms with E-state index in [1.165, 1.54) is 0 Å². The van der Waals surface area contributed by atoms with Crippen LogP contribution in [0.15, 0.2) is 30.3 Å². The Morgan fingerprint density at radius 3 is 2.47 bits per heavy atom. The molecule has 0 aliphatic heterocycles. The van der Waals surface area contributed by atoms with E-state index in [2.05, 4.69) is 10.6 Å². The highest BCUT2D eigenvalue weighted by molar-refractivity contribution is 5.91. The second-order valence-electron chi connectivity index (χ2n) is 3.71. The number of benzene rings is 1. The summed E-state index contributed by atoms with van der Waals surface area (Å²) < 4.78 is 4.87. The summed E-state index contributed by atoms with van der Waals surface area (Å²) in [6.45, 7) is 3.36. The van der Waals surface area contributed by atoms with Crippen molar-refractivity contribution in [1.82, 2.24) is 5.32 Å². The van der Waals surface area contributed by atoms with E-state index in [1.54, 1.807) is 26.0 Å². The van der Waals surface area contributed by atoms with Crippen LogP contribution in [0.4, 0.5) is 10.5 Å². The van der Waals surface area contributed by atoms with Crippen molar-refractivity contribution in [2.24, 2.45) is 0 Å². The van der Waals surface area contributed by atoms with Crippen molar-refractivity contribution in [3.05, 3.63) is 30.3 Å². The van der Waals surface area contributed by atoms with Crippen LogP contribution in [0.25, 0.3) is 0 Å². The number of para-hydroxylation sites is 1. The van der Waals surface area contributed by atoms with E-state index in [1.807, 2.05) is 18.2 Å². The third-order valence-electron chi connectivity index (χ3n) is 1.79. The molecule has 0 aromatic heterocycles. The molecule has 0 radical (unpaired) electrons. The van der Waals surface area contributed by atoms with Gasteiger partial charge in [0.1, 0.15) is 6.54 Å². The van der Waals surface area contributed by atoms with Gasteiger partial charge in [-0.2, -0.15) is 0 Å². The van der Waals surface area contributed by atoms with Crippen molar-refractivity contribution >= 4 is 17.7 Å². The lowest BCUT2D eigenvalue weighted by molar-refractivity contribution is -0.146. The largest absolute Gasteiger partial charge is 0.462 e. The number of anilines is 1. The van der Waals surface area contributed by atoms with E-state index in [0.29, 0.717) is 5.69 Å². The van der Waals surface area contributed by atoms with E-state index >= 15 is 0 Å². The first kappa shape index (κ1) is 13.0. The molecule has 5 nitrogen and oxygen atoms in total. The summed E-state index contributed by atoms with van der Waals surface area (Å²) in [6.07, 6.45) is -0.179. The molecule has 1 aromatic rings. The first-order valence-corrected chi connectivity index (χ1v) is 5.37. The Labute approximate surface area is 100 Å². The Hall–Kier alpha value is -2.04. The van der Waals surface area contributed by atoms with Crippen molar-refractivity contribution < 1.29 is 14.3 Å². The van der Waals surface area contributed by atoms with Crippen LogP contribution >= 0.6 is 0 Å². The second-order valence-corrected chi connectivity index (χ2v) is 3.71. The smallest absolute Gasteiger partial charge is 0.325 e. The summed E-state index contributed by atoms with van der Waals surface area (Å²) in [5, 5.41) is 5.00. The number of hydrogen-bond acceptors (Lipinski definition) is 3. The minimum atomic E-state index is -0.455. The molecular weight excluding hydrogens is 220 g/mol. The fourth-order valence-corrected chi connectivity index (χ4v) is 1.15. The van der Waals surface area contributed by atoms with Crippen molar-refractivity contribution in [1.29, 1.82) is 0 Å². The number of carbonyl (C=O) groups excluding carboxylic acids is 2. The molecule has 0 saturated carbocycles. The summed E-state index contributed by atoms with van der Waals surface area (Å²) in [5.74, 6) is -0.455. The van der Waals surface area contributed by atoms with Gasteiger partial charge < -0.3 is 15.4 Å². The fraction of sp³-hybridized carbons (Fsp3) is 0.333. The maximum Gasteiger partial charge on any atom is 0.325 e. The van der Waals surface area contributed by atoms with E-state index in [4.69, 9.17) is 4.74 Å². The van der Waals surface area contributed by atoms with Crippen LogP contribution in [0, 0.1) is 0 Å². The molecule has 0 aliphatic rings. The minimum absolute atomic E-state index is 0.142. The van der Waals surface area contributed by atoms with E-state index < -0.39 is 12.0 Å². The van der Waals surface area contributed by atoms with Gasteiger partial charge in [0.15, 0.2) is 0 Å². The molecule has 0 atom stereocenters. The predicted octanol–water partition coefficient (Wildman–Crippen LogP) is 1.76. The molecule has 0 fully saturated rings. The third-order valence-corrected chi connectivity index (χ3v) is 1.79. The third kappa shape index (κ3) is 5.55. The summed E-state index contributed by atoms with van der Waals surface area (Å²) in [6, 6.07) is 8.55. The molecule has 17 heavy (non-hydrogen) atoms. The van der Waals surface area contributed by atoms with Crippen LogP contribution < -0.4 is 10.6 Å². The maximum absolute atomic E-state index is 11.4. The molecule has 1 rings (SSSR count). The van der Waals surface area contributed by atoms with Gasteiger partial charge in [-0.25, -0.2) is 4.79 Å². The first-order valence-electron chi connectivity index (χ1n) is 5.37. The molecule has 0 unspecified atom stereocenters. The van der Waals surface area contributed by atoms with Crippen LogP contribution in [-0.4, -0.2) is 24.6 Å². The second kappa shape index (κ2) is 6.52. The molecule has 0 heterocycles. The number of ether oxygens (including phenoxy) is 1. The normalized spacial score (nSPS) is 9.82. The number of nitrogens with one attached hydrogen (secondary N) is 2. The lowest BCUT2D eigenvalue weighted by Crippen LogP contribution is -2.34. The van der Waals surface area contributed by atoms with E-state index in [-0.39, 0.29) is 12.6 Å². The van der Waals surface area contributed by atoms with Crippen molar-refractivity contribution in [3.63, 3.8) is 0 Å². The van der Waals surface area contributed by atoms with Crippen molar-refractivity contribution in [2.75, 3.05) is 11.9 Å². The SMILES string of the molecule is CC(C)OC(=O)CNC(=O)Nc1ccccc1. The van der Waals surface area contributed by atoms with E-state index in [9.17, 15) is 9.59 Å². The predicted molar refractivity (Wildman–Crippen MR) is 64.7 cm³/mol. The molecule has 0 aliphatic carbocycles. The lowest BCUT2D eigenvalue weighted by Gasteiger charge is -2.09. The van der Waals surface area contributed by atoms with Gasteiger partial charge in [-0.15, -0.1) is 0 Å². The van der Waals surface area contributed by atoms with Crippen LogP contribution in [0.1, 0.15) is 13.8 Å². The molecule has 2 N–H and O–H groups in total. The molecule has 0 spiro atoms.